The Kier molecular flexibility index (Phi) is 7.08. The number of hydrogen-bond acceptors (Lipinski definition) is 4. The molecule has 0 bridgehead atoms. The van der Waals surface area contributed by atoms with Crippen LogP contribution in [0.25, 0.3) is 11.0 Å². The van der Waals surface area contributed by atoms with Gasteiger partial charge in [0.1, 0.15) is 0 Å². The molecule has 9 heteroatoms. The Labute approximate surface area is 174 Å². The number of pyridine rings is 1. The van der Waals surface area contributed by atoms with E-state index in [0.717, 1.165) is 22.2 Å². The third-order valence-corrected chi connectivity index (χ3v) is 11.5. The Bertz CT molecular complexity index is 1080. The van der Waals surface area contributed by atoms with Crippen LogP contribution < -0.4 is 5.32 Å². The van der Waals surface area contributed by atoms with E-state index < -0.39 is 27.4 Å². The number of nitrogens with zero attached hydrogens (tertiary/aromatic N) is 1. The van der Waals surface area contributed by atoms with Gasteiger partial charge in [-0.1, -0.05) is 0 Å². The number of carbonyl (C=O) groups is 1. The molecular formula is C20H22AsFN3O3S. The number of rotatable bonds is 9. The first-order valence-electron chi connectivity index (χ1n) is 9.25. The van der Waals surface area contributed by atoms with Gasteiger partial charge < -0.3 is 0 Å². The zero-order valence-corrected chi connectivity index (χ0v) is 18.6. The van der Waals surface area contributed by atoms with E-state index in [4.69, 9.17) is 0 Å². The predicted octanol–water partition coefficient (Wildman–Crippen LogP) is 2.79. The number of aromatic amines is 1. The van der Waals surface area contributed by atoms with Crippen molar-refractivity contribution in [3.8, 4) is 0 Å². The van der Waals surface area contributed by atoms with E-state index in [9.17, 15) is 17.6 Å². The van der Waals surface area contributed by atoms with Gasteiger partial charge in [-0.25, -0.2) is 0 Å². The summed E-state index contributed by atoms with van der Waals surface area (Å²) in [5.41, 5.74) is 2.34. The third kappa shape index (κ3) is 6.15. The van der Waals surface area contributed by atoms with Crippen LogP contribution in [0.3, 0.4) is 0 Å². The molecule has 3 rings (SSSR count). The molecule has 3 aromatic rings. The van der Waals surface area contributed by atoms with E-state index in [1.807, 2.05) is 12.1 Å². The summed E-state index contributed by atoms with van der Waals surface area (Å²) in [6.45, 7) is 2.07. The molecule has 29 heavy (non-hydrogen) atoms. The van der Waals surface area contributed by atoms with Gasteiger partial charge >= 0.3 is 175 Å². The second-order valence-corrected chi connectivity index (χ2v) is 14.6. The van der Waals surface area contributed by atoms with Crippen LogP contribution in [-0.4, -0.2) is 44.6 Å². The zero-order valence-electron chi connectivity index (χ0n) is 15.9. The quantitative estimate of drug-likeness (QED) is 0.463. The molecule has 2 aromatic heterocycles. The number of hydrogen-bond donors (Lipinski definition) is 2. The molecule has 6 nitrogen and oxygen atoms in total. The first-order chi connectivity index (χ1) is 13.9. The molecule has 1 atom stereocenters. The molecule has 0 unspecified atom stereocenters. The van der Waals surface area contributed by atoms with E-state index in [0.29, 0.717) is 6.42 Å². The van der Waals surface area contributed by atoms with Crippen LogP contribution in [0, 0.1) is 5.82 Å². The Morgan fingerprint density at radius 3 is 2.72 bits per heavy atom. The SMILES string of the molecule is CCCS(=O)(=O)[As][C@@H](Cc1ccc(F)cc1)C(=O)NCc1cnc2[nH]ccc2c1. The Morgan fingerprint density at radius 1 is 1.24 bits per heavy atom. The Morgan fingerprint density at radius 2 is 2.00 bits per heavy atom. The molecule has 2 heterocycles. The van der Waals surface area contributed by atoms with E-state index in [1.165, 1.54) is 12.1 Å². The molecule has 0 aliphatic rings. The first-order valence-corrected chi connectivity index (χ1v) is 14.2. The van der Waals surface area contributed by atoms with E-state index in [-0.39, 0.29) is 30.4 Å². The molecule has 0 aliphatic heterocycles. The molecule has 0 saturated heterocycles. The standard InChI is InChI=1S/C20H22AsFN3O3S/c1-2-9-29(27,28)21-18(11-14-3-5-17(22)6-4-14)20(26)25-13-15-10-16-7-8-23-19(16)24-12-15/h3-8,10,12,18H,2,9,11,13H2,1H3,(H,23,24)(H,25,26)/t18-/m0/s1. The van der Waals surface area contributed by atoms with Gasteiger partial charge in [-0.05, 0) is 0 Å². The topological polar surface area (TPSA) is 91.9 Å². The van der Waals surface area contributed by atoms with Gasteiger partial charge in [0.15, 0.2) is 0 Å². The number of halogens is 1. The van der Waals surface area contributed by atoms with Crippen molar-refractivity contribution in [2.75, 3.05) is 5.75 Å². The van der Waals surface area contributed by atoms with Crippen LogP contribution in [0.4, 0.5) is 4.39 Å². The fourth-order valence-corrected chi connectivity index (χ4v) is 10.1. The number of nitrogens with one attached hydrogen (secondary N) is 2. The van der Waals surface area contributed by atoms with Crippen LogP contribution in [0.2, 0.25) is 4.71 Å². The second-order valence-electron chi connectivity index (χ2n) is 6.71. The zero-order chi connectivity index (χ0) is 20.9. The number of fused-ring (bicyclic) bond motifs is 1. The second kappa shape index (κ2) is 9.54. The van der Waals surface area contributed by atoms with Crippen molar-refractivity contribution in [2.24, 2.45) is 0 Å². The summed E-state index contributed by atoms with van der Waals surface area (Å²) in [5.74, 6) is -0.591. The van der Waals surface area contributed by atoms with Crippen molar-refractivity contribution >= 4 is 39.6 Å². The summed E-state index contributed by atoms with van der Waals surface area (Å²) in [6, 6.07) is 9.64. The molecule has 1 amide bonds. The van der Waals surface area contributed by atoms with Gasteiger partial charge in [0.05, 0.1) is 0 Å². The number of carbonyl (C=O) groups excluding carboxylic acids is 1. The normalized spacial score (nSPS) is 13.2. The van der Waals surface area contributed by atoms with Crippen molar-refractivity contribution in [3.05, 3.63) is 65.7 Å². The van der Waals surface area contributed by atoms with E-state index >= 15 is 0 Å². The fraction of sp³-hybridized carbons (Fsp3) is 0.300. The summed E-state index contributed by atoms with van der Waals surface area (Å²) in [5, 5.41) is 3.79. The molecule has 0 aliphatic carbocycles. The predicted molar refractivity (Wildman–Crippen MR) is 112 cm³/mol. The molecule has 0 spiro atoms. The van der Waals surface area contributed by atoms with Gasteiger partial charge in [-0.3, -0.25) is 0 Å². The summed E-state index contributed by atoms with van der Waals surface area (Å²) >= 11 is -1.25. The van der Waals surface area contributed by atoms with Crippen molar-refractivity contribution < 1.29 is 17.6 Å². The summed E-state index contributed by atoms with van der Waals surface area (Å²) in [7, 11) is -3.27. The minimum atomic E-state index is -3.27. The van der Waals surface area contributed by atoms with Crippen LogP contribution in [0.15, 0.2) is 48.8 Å². The average molecular weight is 478 g/mol. The van der Waals surface area contributed by atoms with Crippen LogP contribution in [-0.2, 0) is 25.9 Å². The number of benzene rings is 1. The summed E-state index contributed by atoms with van der Waals surface area (Å²) < 4.78 is 37.3. The monoisotopic (exact) mass is 478 g/mol. The minimum absolute atomic E-state index is 0.0777. The van der Waals surface area contributed by atoms with Gasteiger partial charge in [0.25, 0.3) is 0 Å². The maximum atomic E-state index is 13.2. The third-order valence-electron chi connectivity index (χ3n) is 4.32. The fourth-order valence-electron chi connectivity index (χ4n) is 2.92. The van der Waals surface area contributed by atoms with Gasteiger partial charge in [-0.15, -0.1) is 0 Å². The molecule has 1 aromatic carbocycles. The van der Waals surface area contributed by atoms with Crippen LogP contribution in [0.5, 0.6) is 0 Å². The summed E-state index contributed by atoms with van der Waals surface area (Å²) in [6.07, 6.45) is 4.26. The molecule has 2 N–H and O–H groups in total. The van der Waals surface area contributed by atoms with Crippen molar-refractivity contribution in [1.29, 1.82) is 0 Å². The van der Waals surface area contributed by atoms with Crippen molar-refractivity contribution in [2.45, 2.75) is 31.0 Å². The molecule has 1 radical (unpaired) electrons. The van der Waals surface area contributed by atoms with Gasteiger partial charge in [0.2, 0.25) is 0 Å². The molecule has 153 valence electrons. The van der Waals surface area contributed by atoms with E-state index in [2.05, 4.69) is 15.3 Å². The Hall–Kier alpha value is -2.18. The van der Waals surface area contributed by atoms with Crippen molar-refractivity contribution in [3.63, 3.8) is 0 Å². The van der Waals surface area contributed by atoms with Gasteiger partial charge in [0, 0.05) is 0 Å². The molecular weight excluding hydrogens is 456 g/mol. The van der Waals surface area contributed by atoms with Crippen LogP contribution in [0.1, 0.15) is 24.5 Å². The number of amides is 1. The first kappa shape index (κ1) is 21.5. The molecule has 0 saturated carbocycles. The summed E-state index contributed by atoms with van der Waals surface area (Å²) in [4.78, 5) is 20.1. The maximum absolute atomic E-state index is 13.2. The Balaban J connectivity index is 1.72. The van der Waals surface area contributed by atoms with Gasteiger partial charge in [-0.2, -0.15) is 0 Å². The van der Waals surface area contributed by atoms with Crippen LogP contribution >= 0.6 is 0 Å². The van der Waals surface area contributed by atoms with Crippen molar-refractivity contribution in [1.82, 2.24) is 15.3 Å². The van der Waals surface area contributed by atoms with E-state index in [1.54, 1.807) is 31.5 Å². The number of H-pyrrole nitrogens is 1. The number of aromatic nitrogens is 2. The molecule has 0 fully saturated rings. The average Bonchev–Trinajstić information content (AvgIpc) is 3.15.